The summed E-state index contributed by atoms with van der Waals surface area (Å²) < 4.78 is 0. The standard InChI is InChI=1S/C13H9Cl2NO/c14-10-4-1-3-9(13(10)15)6-7-12(17)11-5-2-8-16-11/h1-8,16H. The van der Waals surface area contributed by atoms with E-state index in [1.54, 1.807) is 42.6 Å². The Morgan fingerprint density at radius 2 is 2.00 bits per heavy atom. The lowest BCUT2D eigenvalue weighted by Gasteiger charge is -1.99. The van der Waals surface area contributed by atoms with E-state index in [9.17, 15) is 4.79 Å². The molecule has 0 saturated carbocycles. The molecule has 0 bridgehead atoms. The highest BCUT2D eigenvalue weighted by molar-refractivity contribution is 6.42. The van der Waals surface area contributed by atoms with Crippen molar-refractivity contribution in [3.05, 3.63) is 63.9 Å². The summed E-state index contributed by atoms with van der Waals surface area (Å²) in [4.78, 5) is 14.5. The number of benzene rings is 1. The maximum Gasteiger partial charge on any atom is 0.201 e. The summed E-state index contributed by atoms with van der Waals surface area (Å²) in [5.74, 6) is -0.106. The molecule has 0 atom stereocenters. The summed E-state index contributed by atoms with van der Waals surface area (Å²) >= 11 is 11.9. The van der Waals surface area contributed by atoms with E-state index >= 15 is 0 Å². The van der Waals surface area contributed by atoms with Crippen molar-refractivity contribution in [1.82, 2.24) is 4.98 Å². The van der Waals surface area contributed by atoms with Crippen molar-refractivity contribution in [2.24, 2.45) is 0 Å². The quantitative estimate of drug-likeness (QED) is 0.654. The van der Waals surface area contributed by atoms with Gasteiger partial charge in [0.05, 0.1) is 15.7 Å². The first kappa shape index (κ1) is 12.0. The predicted octanol–water partition coefficient (Wildman–Crippen LogP) is 4.22. The first-order valence-electron chi connectivity index (χ1n) is 4.98. The number of rotatable bonds is 3. The van der Waals surface area contributed by atoms with Gasteiger partial charge in [0.1, 0.15) is 0 Å². The van der Waals surface area contributed by atoms with Gasteiger partial charge in [0.15, 0.2) is 0 Å². The van der Waals surface area contributed by atoms with Crippen LogP contribution in [-0.2, 0) is 0 Å². The van der Waals surface area contributed by atoms with E-state index in [0.29, 0.717) is 15.7 Å². The van der Waals surface area contributed by atoms with Gasteiger partial charge in [-0.3, -0.25) is 4.79 Å². The van der Waals surface area contributed by atoms with Crippen LogP contribution in [0.5, 0.6) is 0 Å². The molecule has 0 spiro atoms. The largest absolute Gasteiger partial charge is 0.359 e. The molecule has 0 fully saturated rings. The van der Waals surface area contributed by atoms with Gasteiger partial charge in [-0.15, -0.1) is 0 Å². The monoisotopic (exact) mass is 265 g/mol. The molecule has 0 saturated heterocycles. The van der Waals surface area contributed by atoms with Gasteiger partial charge >= 0.3 is 0 Å². The topological polar surface area (TPSA) is 32.9 Å². The van der Waals surface area contributed by atoms with Crippen molar-refractivity contribution in [2.45, 2.75) is 0 Å². The number of H-pyrrole nitrogens is 1. The summed E-state index contributed by atoms with van der Waals surface area (Å²) in [6.07, 6.45) is 4.81. The molecule has 2 rings (SSSR count). The van der Waals surface area contributed by atoms with Gasteiger partial charge in [-0.05, 0) is 35.9 Å². The Balaban J connectivity index is 2.21. The number of hydrogen-bond donors (Lipinski definition) is 1. The molecule has 1 heterocycles. The zero-order chi connectivity index (χ0) is 12.3. The summed E-state index contributed by atoms with van der Waals surface area (Å²) in [6.45, 7) is 0. The molecule has 0 aliphatic heterocycles. The second-order valence-electron chi connectivity index (χ2n) is 3.42. The van der Waals surface area contributed by atoms with E-state index in [1.807, 2.05) is 0 Å². The van der Waals surface area contributed by atoms with E-state index in [-0.39, 0.29) is 5.78 Å². The third-order valence-corrected chi connectivity index (χ3v) is 3.09. The highest BCUT2D eigenvalue weighted by atomic mass is 35.5. The molecule has 0 unspecified atom stereocenters. The van der Waals surface area contributed by atoms with E-state index in [0.717, 1.165) is 5.56 Å². The van der Waals surface area contributed by atoms with Gasteiger partial charge in [-0.25, -0.2) is 0 Å². The van der Waals surface area contributed by atoms with Crippen LogP contribution in [0, 0.1) is 0 Å². The predicted molar refractivity (Wildman–Crippen MR) is 70.6 cm³/mol. The van der Waals surface area contributed by atoms with Crippen LogP contribution in [0.4, 0.5) is 0 Å². The fourth-order valence-electron chi connectivity index (χ4n) is 1.39. The molecule has 0 amide bonds. The van der Waals surface area contributed by atoms with Crippen molar-refractivity contribution in [3.8, 4) is 0 Å². The lowest BCUT2D eigenvalue weighted by atomic mass is 10.2. The highest BCUT2D eigenvalue weighted by Gasteiger charge is 2.03. The number of aromatic nitrogens is 1. The molecule has 0 aliphatic carbocycles. The van der Waals surface area contributed by atoms with Crippen molar-refractivity contribution >= 4 is 35.1 Å². The average Bonchev–Trinajstić information content (AvgIpc) is 2.84. The Morgan fingerprint density at radius 3 is 2.71 bits per heavy atom. The molecular formula is C13H9Cl2NO. The van der Waals surface area contributed by atoms with Gasteiger partial charge in [0.25, 0.3) is 0 Å². The molecule has 1 aromatic heterocycles. The Bertz CT molecular complexity index is 559. The van der Waals surface area contributed by atoms with Gasteiger partial charge in [-0.2, -0.15) is 0 Å². The lowest BCUT2D eigenvalue weighted by molar-refractivity contribution is 0.104. The van der Waals surface area contributed by atoms with Gasteiger partial charge in [0.2, 0.25) is 5.78 Å². The number of carbonyl (C=O) groups is 1. The van der Waals surface area contributed by atoms with Crippen LogP contribution in [-0.4, -0.2) is 10.8 Å². The zero-order valence-electron chi connectivity index (χ0n) is 8.78. The number of halogens is 2. The molecule has 17 heavy (non-hydrogen) atoms. The SMILES string of the molecule is O=C(C=Cc1cccc(Cl)c1Cl)c1ccc[nH]1. The van der Waals surface area contributed by atoms with E-state index in [1.165, 1.54) is 6.08 Å². The smallest absolute Gasteiger partial charge is 0.201 e. The first-order valence-corrected chi connectivity index (χ1v) is 5.74. The van der Waals surface area contributed by atoms with Crippen molar-refractivity contribution in [3.63, 3.8) is 0 Å². The maximum atomic E-state index is 11.7. The summed E-state index contributed by atoms with van der Waals surface area (Å²) in [7, 11) is 0. The van der Waals surface area contributed by atoms with Crippen molar-refractivity contribution in [2.75, 3.05) is 0 Å². The molecule has 1 aromatic carbocycles. The molecule has 2 aromatic rings. The zero-order valence-corrected chi connectivity index (χ0v) is 10.3. The van der Waals surface area contributed by atoms with Gasteiger partial charge < -0.3 is 4.98 Å². The van der Waals surface area contributed by atoms with Gasteiger partial charge in [-0.1, -0.05) is 35.3 Å². The average molecular weight is 266 g/mol. The first-order chi connectivity index (χ1) is 8.18. The lowest BCUT2D eigenvalue weighted by Crippen LogP contribution is -1.93. The van der Waals surface area contributed by atoms with E-state index in [2.05, 4.69) is 4.98 Å². The number of allylic oxidation sites excluding steroid dienone is 1. The van der Waals surface area contributed by atoms with Crippen LogP contribution >= 0.6 is 23.2 Å². The normalized spacial score (nSPS) is 10.9. The Morgan fingerprint density at radius 1 is 1.18 bits per heavy atom. The Hall–Kier alpha value is -1.51. The number of hydrogen-bond acceptors (Lipinski definition) is 1. The minimum atomic E-state index is -0.106. The molecule has 0 radical (unpaired) electrons. The molecular weight excluding hydrogens is 257 g/mol. The van der Waals surface area contributed by atoms with E-state index in [4.69, 9.17) is 23.2 Å². The molecule has 1 N–H and O–H groups in total. The fourth-order valence-corrected chi connectivity index (χ4v) is 1.76. The number of ketones is 1. The minimum absolute atomic E-state index is 0.106. The van der Waals surface area contributed by atoms with Gasteiger partial charge in [0, 0.05) is 6.20 Å². The highest BCUT2D eigenvalue weighted by Crippen LogP contribution is 2.26. The minimum Gasteiger partial charge on any atom is -0.359 e. The van der Waals surface area contributed by atoms with Crippen molar-refractivity contribution < 1.29 is 4.79 Å². The van der Waals surface area contributed by atoms with Crippen LogP contribution in [0.15, 0.2) is 42.6 Å². The second kappa shape index (κ2) is 5.21. The third-order valence-electron chi connectivity index (χ3n) is 2.26. The van der Waals surface area contributed by atoms with Crippen LogP contribution in [0.1, 0.15) is 16.1 Å². The molecule has 2 nitrogen and oxygen atoms in total. The van der Waals surface area contributed by atoms with Crippen LogP contribution in [0.25, 0.3) is 6.08 Å². The Kier molecular flexibility index (Phi) is 3.67. The number of carbonyl (C=O) groups excluding carboxylic acids is 1. The second-order valence-corrected chi connectivity index (χ2v) is 4.21. The molecule has 0 aliphatic rings. The summed E-state index contributed by atoms with van der Waals surface area (Å²) in [6, 6.07) is 8.77. The number of aromatic amines is 1. The summed E-state index contributed by atoms with van der Waals surface area (Å²) in [5, 5.41) is 0.922. The van der Waals surface area contributed by atoms with Crippen LogP contribution in [0.2, 0.25) is 10.0 Å². The number of nitrogens with one attached hydrogen (secondary N) is 1. The maximum absolute atomic E-state index is 11.7. The fraction of sp³-hybridized carbons (Fsp3) is 0. The molecule has 86 valence electrons. The molecule has 4 heteroatoms. The third kappa shape index (κ3) is 2.78. The summed E-state index contributed by atoms with van der Waals surface area (Å²) in [5.41, 5.74) is 1.26. The Labute approximate surface area is 109 Å². The van der Waals surface area contributed by atoms with E-state index < -0.39 is 0 Å². The van der Waals surface area contributed by atoms with Crippen LogP contribution < -0.4 is 0 Å². The van der Waals surface area contributed by atoms with Crippen LogP contribution in [0.3, 0.4) is 0 Å². The van der Waals surface area contributed by atoms with Crippen molar-refractivity contribution in [1.29, 1.82) is 0 Å².